The molecule has 0 saturated heterocycles. The number of Topliss-reactive ketones (excluding diaryl/α,β-unsaturated/α-hetero) is 1. The Bertz CT molecular complexity index is 701. The quantitative estimate of drug-likeness (QED) is 0.822. The molecule has 0 saturated carbocycles. The first kappa shape index (κ1) is 17.0. The number of carbonyl (C=O) groups is 2. The van der Waals surface area contributed by atoms with E-state index in [1.807, 2.05) is 44.2 Å². The summed E-state index contributed by atoms with van der Waals surface area (Å²) in [5.74, 6) is -0.293. The van der Waals surface area contributed by atoms with Crippen LogP contribution in [0.4, 0.5) is 0 Å². The summed E-state index contributed by atoms with van der Waals surface area (Å²) in [6.45, 7) is 7.49. The smallest absolute Gasteiger partial charge is 0.340 e. The third-order valence-electron chi connectivity index (χ3n) is 4.00. The number of esters is 1. The SMILES string of the molecule is CCOC(=O)c1c(C)[nH]c(C(CC(C)=O)c2ccccc2)c1C. The maximum atomic E-state index is 12.2. The summed E-state index contributed by atoms with van der Waals surface area (Å²) in [5, 5.41) is 0. The normalized spacial score (nSPS) is 12.0. The van der Waals surface area contributed by atoms with Crippen LogP contribution in [0.3, 0.4) is 0 Å². The Morgan fingerprint density at radius 1 is 1.17 bits per heavy atom. The number of nitrogens with one attached hydrogen (secondary N) is 1. The fourth-order valence-corrected chi connectivity index (χ4v) is 2.99. The van der Waals surface area contributed by atoms with Gasteiger partial charge in [-0.1, -0.05) is 30.3 Å². The van der Waals surface area contributed by atoms with Gasteiger partial charge in [-0.15, -0.1) is 0 Å². The summed E-state index contributed by atoms with van der Waals surface area (Å²) in [6, 6.07) is 9.88. The summed E-state index contributed by atoms with van der Waals surface area (Å²) >= 11 is 0. The molecule has 0 amide bonds. The fraction of sp³-hybridized carbons (Fsp3) is 0.368. The minimum Gasteiger partial charge on any atom is -0.462 e. The highest BCUT2D eigenvalue weighted by molar-refractivity contribution is 5.93. The van der Waals surface area contributed by atoms with Crippen LogP contribution >= 0.6 is 0 Å². The zero-order valence-electron chi connectivity index (χ0n) is 14.1. The standard InChI is InChI=1S/C19H23NO3/c1-5-23-19(22)17-13(3)18(20-14(17)4)16(11-12(2)21)15-9-7-6-8-10-15/h6-10,16,20H,5,11H2,1-4H3. The van der Waals surface area contributed by atoms with Crippen LogP contribution in [-0.4, -0.2) is 23.3 Å². The van der Waals surface area contributed by atoms with Gasteiger partial charge in [-0.3, -0.25) is 4.79 Å². The lowest BCUT2D eigenvalue weighted by atomic mass is 9.89. The molecule has 4 heteroatoms. The van der Waals surface area contributed by atoms with Gasteiger partial charge in [-0.2, -0.15) is 0 Å². The van der Waals surface area contributed by atoms with E-state index < -0.39 is 0 Å². The Hall–Kier alpha value is -2.36. The van der Waals surface area contributed by atoms with E-state index in [0.717, 1.165) is 22.5 Å². The van der Waals surface area contributed by atoms with E-state index in [-0.39, 0.29) is 17.7 Å². The molecule has 0 bridgehead atoms. The number of aromatic nitrogens is 1. The number of aromatic amines is 1. The Morgan fingerprint density at radius 3 is 2.39 bits per heavy atom. The van der Waals surface area contributed by atoms with E-state index in [1.165, 1.54) is 0 Å². The third kappa shape index (κ3) is 3.70. The highest BCUT2D eigenvalue weighted by Crippen LogP contribution is 2.32. The van der Waals surface area contributed by atoms with E-state index in [9.17, 15) is 9.59 Å². The van der Waals surface area contributed by atoms with Crippen molar-refractivity contribution >= 4 is 11.8 Å². The topological polar surface area (TPSA) is 59.2 Å². The lowest BCUT2D eigenvalue weighted by molar-refractivity contribution is -0.117. The van der Waals surface area contributed by atoms with Crippen LogP contribution in [-0.2, 0) is 9.53 Å². The van der Waals surface area contributed by atoms with Crippen molar-refractivity contribution in [3.05, 3.63) is 58.4 Å². The van der Waals surface area contributed by atoms with Gasteiger partial charge in [0, 0.05) is 23.7 Å². The van der Waals surface area contributed by atoms with Gasteiger partial charge >= 0.3 is 5.97 Å². The average Bonchev–Trinajstić information content (AvgIpc) is 2.80. The molecule has 1 N–H and O–H groups in total. The maximum absolute atomic E-state index is 12.2. The Labute approximate surface area is 136 Å². The van der Waals surface area contributed by atoms with Gasteiger partial charge in [-0.05, 0) is 38.8 Å². The highest BCUT2D eigenvalue weighted by atomic mass is 16.5. The van der Waals surface area contributed by atoms with Crippen molar-refractivity contribution in [3.8, 4) is 0 Å². The molecule has 1 atom stereocenters. The molecule has 0 radical (unpaired) electrons. The zero-order chi connectivity index (χ0) is 17.0. The van der Waals surface area contributed by atoms with E-state index in [2.05, 4.69) is 4.98 Å². The summed E-state index contributed by atoms with van der Waals surface area (Å²) in [5.41, 5.74) is 4.18. The van der Waals surface area contributed by atoms with Gasteiger partial charge < -0.3 is 9.72 Å². The largest absolute Gasteiger partial charge is 0.462 e. The number of carbonyl (C=O) groups excluding carboxylic acids is 2. The molecule has 2 rings (SSSR count). The first-order valence-corrected chi connectivity index (χ1v) is 7.86. The van der Waals surface area contributed by atoms with Crippen LogP contribution in [0, 0.1) is 13.8 Å². The fourth-order valence-electron chi connectivity index (χ4n) is 2.99. The second kappa shape index (κ2) is 7.27. The van der Waals surface area contributed by atoms with Gasteiger partial charge in [0.1, 0.15) is 5.78 Å². The molecule has 0 aliphatic heterocycles. The van der Waals surface area contributed by atoms with Crippen LogP contribution in [0.25, 0.3) is 0 Å². The van der Waals surface area contributed by atoms with E-state index in [4.69, 9.17) is 4.74 Å². The molecule has 1 heterocycles. The summed E-state index contributed by atoms with van der Waals surface area (Å²) in [4.78, 5) is 27.2. The van der Waals surface area contributed by atoms with Crippen LogP contribution in [0.1, 0.15) is 59.1 Å². The molecule has 0 spiro atoms. The van der Waals surface area contributed by atoms with Crippen molar-refractivity contribution in [1.29, 1.82) is 0 Å². The predicted octanol–water partition coefficient (Wildman–Crippen LogP) is 3.92. The molecule has 4 nitrogen and oxygen atoms in total. The van der Waals surface area contributed by atoms with E-state index in [0.29, 0.717) is 18.6 Å². The van der Waals surface area contributed by atoms with Crippen LogP contribution in [0.15, 0.2) is 30.3 Å². The molecular formula is C19H23NO3. The van der Waals surface area contributed by atoms with Gasteiger partial charge in [0.15, 0.2) is 0 Å². The lowest BCUT2D eigenvalue weighted by Gasteiger charge is -2.16. The van der Waals surface area contributed by atoms with E-state index >= 15 is 0 Å². The predicted molar refractivity (Wildman–Crippen MR) is 89.8 cm³/mol. The number of ketones is 1. The number of ether oxygens (including phenoxy) is 1. The van der Waals surface area contributed by atoms with E-state index in [1.54, 1.807) is 13.8 Å². The Morgan fingerprint density at radius 2 is 1.83 bits per heavy atom. The number of hydrogen-bond donors (Lipinski definition) is 1. The molecule has 1 aromatic carbocycles. The zero-order valence-corrected chi connectivity index (χ0v) is 14.1. The molecule has 23 heavy (non-hydrogen) atoms. The van der Waals surface area contributed by atoms with Crippen LogP contribution in [0.5, 0.6) is 0 Å². The first-order chi connectivity index (χ1) is 11.0. The van der Waals surface area contributed by atoms with Crippen LogP contribution in [0.2, 0.25) is 0 Å². The Balaban J connectivity index is 2.50. The number of rotatable bonds is 6. The molecule has 1 aromatic heterocycles. The molecule has 2 aromatic rings. The molecule has 0 fully saturated rings. The second-order valence-corrected chi connectivity index (χ2v) is 5.75. The van der Waals surface area contributed by atoms with Crippen LogP contribution < -0.4 is 0 Å². The molecule has 1 unspecified atom stereocenters. The second-order valence-electron chi connectivity index (χ2n) is 5.75. The van der Waals surface area contributed by atoms with Crippen molar-refractivity contribution in [1.82, 2.24) is 4.98 Å². The highest BCUT2D eigenvalue weighted by Gasteiger charge is 2.25. The molecule has 0 aliphatic rings. The number of benzene rings is 1. The van der Waals surface area contributed by atoms with Gasteiger partial charge in [0.05, 0.1) is 12.2 Å². The van der Waals surface area contributed by atoms with Crippen molar-refractivity contribution in [2.75, 3.05) is 6.61 Å². The maximum Gasteiger partial charge on any atom is 0.340 e. The number of aryl methyl sites for hydroxylation is 1. The van der Waals surface area contributed by atoms with Crippen molar-refractivity contribution in [2.24, 2.45) is 0 Å². The molecule has 122 valence electrons. The van der Waals surface area contributed by atoms with Gasteiger partial charge in [-0.25, -0.2) is 4.79 Å². The summed E-state index contributed by atoms with van der Waals surface area (Å²) in [7, 11) is 0. The summed E-state index contributed by atoms with van der Waals surface area (Å²) in [6.07, 6.45) is 0.396. The number of H-pyrrole nitrogens is 1. The first-order valence-electron chi connectivity index (χ1n) is 7.86. The van der Waals surface area contributed by atoms with Crippen molar-refractivity contribution < 1.29 is 14.3 Å². The van der Waals surface area contributed by atoms with Crippen molar-refractivity contribution in [2.45, 2.75) is 40.0 Å². The third-order valence-corrected chi connectivity index (χ3v) is 4.00. The lowest BCUT2D eigenvalue weighted by Crippen LogP contribution is -2.09. The summed E-state index contributed by atoms with van der Waals surface area (Å²) < 4.78 is 5.14. The average molecular weight is 313 g/mol. The molecular weight excluding hydrogens is 290 g/mol. The molecule has 0 aliphatic carbocycles. The Kier molecular flexibility index (Phi) is 5.37. The minimum absolute atomic E-state index is 0.0874. The minimum atomic E-state index is -0.320. The van der Waals surface area contributed by atoms with Gasteiger partial charge in [0.2, 0.25) is 0 Å². The monoisotopic (exact) mass is 313 g/mol. The van der Waals surface area contributed by atoms with Gasteiger partial charge in [0.25, 0.3) is 0 Å². The van der Waals surface area contributed by atoms with Crippen molar-refractivity contribution in [3.63, 3.8) is 0 Å². The number of hydrogen-bond acceptors (Lipinski definition) is 3.